The molecule has 3 aliphatic heterocycles. The molecule has 0 radical (unpaired) electrons. The largest absolute Gasteiger partial charge is 0.392 e. The number of hydrogen-bond donors (Lipinski definition) is 1. The highest BCUT2D eigenvalue weighted by Crippen LogP contribution is 2.33. The first-order valence-corrected chi connectivity index (χ1v) is 15.6. The number of carbonyl (C=O) groups is 1. The summed E-state index contributed by atoms with van der Waals surface area (Å²) in [6.45, 7) is 6.00. The number of carbonyl (C=O) groups excluding carboxylic acids is 1. The van der Waals surface area contributed by atoms with Crippen LogP contribution < -0.4 is 4.90 Å². The van der Waals surface area contributed by atoms with E-state index in [1.54, 1.807) is 23.4 Å². The minimum absolute atomic E-state index is 0.0196. The molecule has 2 aromatic heterocycles. The zero-order valence-electron chi connectivity index (χ0n) is 22.1. The van der Waals surface area contributed by atoms with E-state index in [1.807, 2.05) is 18.0 Å². The molecule has 3 saturated heterocycles. The Hall–Kier alpha value is -2.75. The van der Waals surface area contributed by atoms with Gasteiger partial charge in [0, 0.05) is 58.6 Å². The van der Waals surface area contributed by atoms with Crippen molar-refractivity contribution in [3.8, 4) is 0 Å². The summed E-state index contributed by atoms with van der Waals surface area (Å²) >= 11 is 1.02. The molecule has 0 saturated carbocycles. The average Bonchev–Trinajstić information content (AvgIpc) is 3.69. The Morgan fingerprint density at radius 3 is 2.60 bits per heavy atom. The topological polar surface area (TPSA) is 115 Å². The third kappa shape index (κ3) is 5.19. The Kier molecular flexibility index (Phi) is 7.48. The molecule has 14 heteroatoms. The van der Waals surface area contributed by atoms with Crippen molar-refractivity contribution >= 4 is 32.4 Å². The molecule has 3 aromatic rings. The van der Waals surface area contributed by atoms with Crippen molar-refractivity contribution in [2.24, 2.45) is 0 Å². The van der Waals surface area contributed by atoms with Crippen LogP contribution in [0.5, 0.6) is 0 Å². The summed E-state index contributed by atoms with van der Waals surface area (Å²) in [5.41, 5.74) is 1.98. The summed E-state index contributed by atoms with van der Waals surface area (Å²) in [5, 5.41) is 10.3. The summed E-state index contributed by atoms with van der Waals surface area (Å²) in [6.07, 6.45) is 4.81. The van der Waals surface area contributed by atoms with E-state index in [4.69, 9.17) is 0 Å². The van der Waals surface area contributed by atoms with Crippen LogP contribution in [0.2, 0.25) is 0 Å². The van der Waals surface area contributed by atoms with Gasteiger partial charge in [-0.15, -0.1) is 0 Å². The highest BCUT2D eigenvalue weighted by Gasteiger charge is 2.43. The number of thiazole rings is 1. The standard InChI is InChI=1S/C26H32FN7O4S2/c1-18(19-2-4-20(27)5-3-19)34-17-28-13-21(34)15-30-6-9-32(10-7-30)40(37,38)24-14-29-26(39-24)33-11-8-31-16-22(35)12-23(31)25(33)36/h2-5,13-14,17-18,22-23,35H,6-12,15-16H2,1H3/t18-,22-,23+/m1/s1. The molecule has 0 unspecified atom stereocenters. The van der Waals surface area contributed by atoms with Crippen LogP contribution in [0.4, 0.5) is 9.52 Å². The van der Waals surface area contributed by atoms with Crippen molar-refractivity contribution in [2.75, 3.05) is 50.7 Å². The number of rotatable bonds is 7. The summed E-state index contributed by atoms with van der Waals surface area (Å²) in [7, 11) is -3.74. The van der Waals surface area contributed by atoms with Gasteiger partial charge in [0.2, 0.25) is 5.91 Å². The van der Waals surface area contributed by atoms with Crippen molar-refractivity contribution in [3.63, 3.8) is 0 Å². The molecule has 214 valence electrons. The number of aliphatic hydroxyl groups excluding tert-OH is 1. The molecule has 11 nitrogen and oxygen atoms in total. The second-order valence-electron chi connectivity index (χ2n) is 10.6. The van der Waals surface area contributed by atoms with E-state index >= 15 is 0 Å². The number of imidazole rings is 1. The molecule has 3 atom stereocenters. The Balaban J connectivity index is 1.08. The summed E-state index contributed by atoms with van der Waals surface area (Å²) in [6, 6.07) is 6.05. The lowest BCUT2D eigenvalue weighted by Crippen LogP contribution is -2.54. The number of aromatic nitrogens is 3. The highest BCUT2D eigenvalue weighted by atomic mass is 32.2. The van der Waals surface area contributed by atoms with Crippen LogP contribution in [-0.2, 0) is 21.4 Å². The van der Waals surface area contributed by atoms with Gasteiger partial charge in [-0.2, -0.15) is 4.31 Å². The lowest BCUT2D eigenvalue weighted by Gasteiger charge is -2.35. The number of hydrogen-bond acceptors (Lipinski definition) is 9. The van der Waals surface area contributed by atoms with E-state index < -0.39 is 16.1 Å². The Labute approximate surface area is 236 Å². The molecule has 6 rings (SSSR count). The maximum Gasteiger partial charge on any atom is 0.254 e. The highest BCUT2D eigenvalue weighted by molar-refractivity contribution is 7.91. The normalized spacial score (nSPS) is 24.0. The summed E-state index contributed by atoms with van der Waals surface area (Å²) in [4.78, 5) is 27.3. The number of aliphatic hydroxyl groups is 1. The van der Waals surface area contributed by atoms with Crippen molar-refractivity contribution in [3.05, 3.63) is 60.1 Å². The average molecular weight is 590 g/mol. The fraction of sp³-hybridized carbons (Fsp3) is 0.500. The monoisotopic (exact) mass is 589 g/mol. The SMILES string of the molecule is C[C@H](c1ccc(F)cc1)n1cncc1CN1CCN(S(=O)(=O)c2cnc(N3CCN4C[C@H](O)C[C@H]4C3=O)s2)CC1. The molecule has 3 aliphatic rings. The molecular weight excluding hydrogens is 557 g/mol. The smallest absolute Gasteiger partial charge is 0.254 e. The van der Waals surface area contributed by atoms with E-state index in [0.717, 1.165) is 22.6 Å². The molecule has 1 amide bonds. The van der Waals surface area contributed by atoms with Crippen molar-refractivity contribution < 1.29 is 22.7 Å². The lowest BCUT2D eigenvalue weighted by molar-refractivity contribution is -0.124. The number of fused-ring (bicyclic) bond motifs is 1. The third-order valence-corrected chi connectivity index (χ3v) is 11.4. The van der Waals surface area contributed by atoms with Gasteiger partial charge in [-0.05, 0) is 31.0 Å². The minimum Gasteiger partial charge on any atom is -0.392 e. The lowest BCUT2D eigenvalue weighted by atomic mass is 10.1. The quantitative estimate of drug-likeness (QED) is 0.440. The molecule has 0 bridgehead atoms. The van der Waals surface area contributed by atoms with Crippen LogP contribution in [0.3, 0.4) is 0 Å². The fourth-order valence-corrected chi connectivity index (χ4v) is 8.50. The number of sulfonamides is 1. The fourth-order valence-electron chi connectivity index (χ4n) is 5.78. The maximum atomic E-state index is 13.4. The zero-order chi connectivity index (χ0) is 28.0. The second-order valence-corrected chi connectivity index (χ2v) is 13.7. The van der Waals surface area contributed by atoms with Crippen molar-refractivity contribution in [1.29, 1.82) is 0 Å². The molecule has 0 spiro atoms. The number of amides is 1. The van der Waals surface area contributed by atoms with Gasteiger partial charge in [-0.3, -0.25) is 19.5 Å². The number of benzene rings is 1. The van der Waals surface area contributed by atoms with Crippen LogP contribution in [0.15, 0.2) is 47.2 Å². The summed E-state index contributed by atoms with van der Waals surface area (Å²) < 4.78 is 43.9. The molecule has 1 aromatic carbocycles. The zero-order valence-corrected chi connectivity index (χ0v) is 23.8. The van der Waals surface area contributed by atoms with Gasteiger partial charge in [-0.1, -0.05) is 23.5 Å². The number of nitrogens with zero attached hydrogens (tertiary/aromatic N) is 7. The van der Waals surface area contributed by atoms with Gasteiger partial charge < -0.3 is 9.67 Å². The first-order valence-electron chi connectivity index (χ1n) is 13.4. The van der Waals surface area contributed by atoms with Gasteiger partial charge in [0.05, 0.1) is 36.4 Å². The maximum absolute atomic E-state index is 13.4. The van der Waals surface area contributed by atoms with Crippen LogP contribution in [0, 0.1) is 5.82 Å². The molecule has 1 N–H and O–H groups in total. The minimum atomic E-state index is -3.74. The van der Waals surface area contributed by atoms with Crippen LogP contribution in [0.1, 0.15) is 30.6 Å². The van der Waals surface area contributed by atoms with Gasteiger partial charge in [0.1, 0.15) is 5.82 Å². The van der Waals surface area contributed by atoms with Gasteiger partial charge in [-0.25, -0.2) is 22.8 Å². The Morgan fingerprint density at radius 1 is 1.10 bits per heavy atom. The van der Waals surface area contributed by atoms with E-state index in [9.17, 15) is 22.7 Å². The van der Waals surface area contributed by atoms with E-state index in [0.29, 0.717) is 63.9 Å². The predicted octanol–water partition coefficient (Wildman–Crippen LogP) is 1.38. The first kappa shape index (κ1) is 27.4. The number of anilines is 1. The van der Waals surface area contributed by atoms with Crippen molar-refractivity contribution in [1.82, 2.24) is 28.6 Å². The molecule has 3 fully saturated rings. The molecule has 0 aliphatic carbocycles. The Bertz CT molecular complexity index is 1470. The molecular formula is C26H32FN7O4S2. The van der Waals surface area contributed by atoms with Crippen LogP contribution in [-0.4, -0.2) is 106 Å². The number of piperazine rings is 2. The third-order valence-electron chi connectivity index (χ3n) is 8.07. The van der Waals surface area contributed by atoms with Gasteiger partial charge in [0.15, 0.2) is 9.34 Å². The van der Waals surface area contributed by atoms with Gasteiger partial charge in [0.25, 0.3) is 10.0 Å². The molecule has 5 heterocycles. The summed E-state index contributed by atoms with van der Waals surface area (Å²) in [5.74, 6) is -0.409. The van der Waals surface area contributed by atoms with E-state index in [2.05, 4.69) is 19.4 Å². The van der Waals surface area contributed by atoms with E-state index in [-0.39, 0.29) is 28.0 Å². The van der Waals surface area contributed by atoms with Crippen LogP contribution >= 0.6 is 11.3 Å². The molecule has 40 heavy (non-hydrogen) atoms. The van der Waals surface area contributed by atoms with E-state index in [1.165, 1.54) is 22.6 Å². The second kappa shape index (κ2) is 10.9. The van der Waals surface area contributed by atoms with Crippen molar-refractivity contribution in [2.45, 2.75) is 42.3 Å². The first-order chi connectivity index (χ1) is 19.2. The Morgan fingerprint density at radius 2 is 1.85 bits per heavy atom. The van der Waals surface area contributed by atoms with Crippen LogP contribution in [0.25, 0.3) is 0 Å². The van der Waals surface area contributed by atoms with Gasteiger partial charge >= 0.3 is 0 Å². The number of halogens is 1. The predicted molar refractivity (Wildman–Crippen MR) is 147 cm³/mol.